The van der Waals surface area contributed by atoms with E-state index in [0.29, 0.717) is 67.9 Å². The number of aromatic amines is 1. The fraction of sp³-hybridized carbons (Fsp3) is 0.357. The predicted molar refractivity (Wildman–Crippen MR) is 250 cm³/mol. The normalized spacial score (nSPS) is 19.5. The summed E-state index contributed by atoms with van der Waals surface area (Å²) in [4.78, 5) is 36.7. The average Bonchev–Trinajstić information content (AvgIpc) is 3.99. The van der Waals surface area contributed by atoms with Crippen molar-refractivity contribution in [2.45, 2.75) is 41.7 Å². The SMILES string of the molecule is C[C@@H](O)[C@H](Nc1nc(N2CCN(c3ccc(Cl)cc3)CC2)nc2c1S(=O)CC2)c1nc2ccc(Cl)cc2[nH]1.O=S1CCc2nc(N3CCN(c4ccc(Cl)cc4)CC3)nc(Cl)c21. The lowest BCUT2D eigenvalue weighted by Gasteiger charge is -2.36. The Morgan fingerprint density at radius 2 is 1.11 bits per heavy atom. The van der Waals surface area contributed by atoms with Crippen molar-refractivity contribution in [3.8, 4) is 0 Å². The number of H-pyrrole nitrogens is 1. The molecular weight excluding hydrogens is 912 g/mol. The van der Waals surface area contributed by atoms with Crippen molar-refractivity contribution in [2.24, 2.45) is 0 Å². The Balaban J connectivity index is 0.000000175. The van der Waals surface area contributed by atoms with E-state index < -0.39 is 33.7 Å². The van der Waals surface area contributed by atoms with Crippen LogP contribution < -0.4 is 24.9 Å². The van der Waals surface area contributed by atoms with Crippen molar-refractivity contribution in [3.63, 3.8) is 0 Å². The highest BCUT2D eigenvalue weighted by atomic mass is 35.5. The molecule has 3 N–H and O–H groups in total. The van der Waals surface area contributed by atoms with Crippen LogP contribution in [0.15, 0.2) is 76.5 Å². The number of aryl methyl sites for hydroxylation is 2. The summed E-state index contributed by atoms with van der Waals surface area (Å²) in [5.74, 6) is 3.37. The third-order valence-electron chi connectivity index (χ3n) is 11.4. The number of aliphatic hydroxyl groups excluding tert-OH is 1. The van der Waals surface area contributed by atoms with Crippen LogP contribution in [0.4, 0.5) is 29.1 Å². The fourth-order valence-corrected chi connectivity index (χ4v) is 11.5. The van der Waals surface area contributed by atoms with Gasteiger partial charge in [-0.2, -0.15) is 9.97 Å². The van der Waals surface area contributed by atoms with Crippen molar-refractivity contribution in [1.82, 2.24) is 29.9 Å². The number of rotatable bonds is 8. The van der Waals surface area contributed by atoms with Gasteiger partial charge in [-0.15, -0.1) is 0 Å². The Hall–Kier alpha value is -4.29. The summed E-state index contributed by atoms with van der Waals surface area (Å²) in [6.07, 6.45) is 0.527. The van der Waals surface area contributed by atoms with Gasteiger partial charge in [0.05, 0.1) is 55.0 Å². The summed E-state index contributed by atoms with van der Waals surface area (Å²) >= 11 is 24.4. The number of hydrogen-bond donors (Lipinski definition) is 3. The van der Waals surface area contributed by atoms with Gasteiger partial charge in [0.2, 0.25) is 11.9 Å². The summed E-state index contributed by atoms with van der Waals surface area (Å²) in [5.41, 5.74) is 5.44. The fourth-order valence-electron chi connectivity index (χ4n) is 8.05. The van der Waals surface area contributed by atoms with E-state index in [9.17, 15) is 13.5 Å². The third-order valence-corrected chi connectivity index (χ3v) is 15.4. The molecule has 0 bridgehead atoms. The highest BCUT2D eigenvalue weighted by Crippen LogP contribution is 2.34. The maximum Gasteiger partial charge on any atom is 0.227 e. The maximum atomic E-state index is 12.9. The lowest BCUT2D eigenvalue weighted by Crippen LogP contribution is -2.47. The summed E-state index contributed by atoms with van der Waals surface area (Å²) in [7, 11) is -2.26. The molecule has 6 aromatic rings. The third kappa shape index (κ3) is 9.19. The van der Waals surface area contributed by atoms with Crippen molar-refractivity contribution in [1.29, 1.82) is 0 Å². The predicted octanol–water partition coefficient (Wildman–Crippen LogP) is 6.96. The summed E-state index contributed by atoms with van der Waals surface area (Å²) in [6.45, 7) is 8.21. The van der Waals surface area contributed by atoms with Crippen LogP contribution in [0.5, 0.6) is 0 Å². The van der Waals surface area contributed by atoms with Crippen LogP contribution in [-0.4, -0.2) is 113 Å². The zero-order chi connectivity index (χ0) is 43.1. The monoisotopic (exact) mass is 953 g/mol. The first-order valence-electron chi connectivity index (χ1n) is 20.3. The van der Waals surface area contributed by atoms with E-state index in [4.69, 9.17) is 56.4 Å². The van der Waals surface area contributed by atoms with E-state index in [-0.39, 0.29) is 0 Å². The number of piperazine rings is 2. The average molecular weight is 956 g/mol. The first-order chi connectivity index (χ1) is 30.0. The van der Waals surface area contributed by atoms with E-state index in [1.165, 1.54) is 5.69 Å². The highest BCUT2D eigenvalue weighted by Gasteiger charge is 2.32. The summed E-state index contributed by atoms with van der Waals surface area (Å²) in [5, 5.41) is 16.5. The molecule has 0 spiro atoms. The maximum absolute atomic E-state index is 12.9. The van der Waals surface area contributed by atoms with Gasteiger partial charge in [0.1, 0.15) is 22.6 Å². The van der Waals surface area contributed by atoms with Crippen LogP contribution in [0.1, 0.15) is 30.2 Å². The van der Waals surface area contributed by atoms with Crippen molar-refractivity contribution in [2.75, 3.05) is 88.8 Å². The zero-order valence-corrected chi connectivity index (χ0v) is 38.3. The van der Waals surface area contributed by atoms with Gasteiger partial charge in [-0.1, -0.05) is 46.4 Å². The van der Waals surface area contributed by atoms with Gasteiger partial charge in [0.25, 0.3) is 0 Å². The number of hydrogen-bond acceptors (Lipinski definition) is 13. The van der Waals surface area contributed by atoms with Crippen LogP contribution in [0.25, 0.3) is 11.0 Å². The molecule has 4 atom stereocenters. The molecule has 2 fully saturated rings. The van der Waals surface area contributed by atoms with Crippen molar-refractivity contribution >= 4 is 108 Å². The summed E-state index contributed by atoms with van der Waals surface area (Å²) in [6, 6.07) is 20.6. The van der Waals surface area contributed by atoms with Gasteiger partial charge in [-0.3, -0.25) is 8.42 Å². The molecule has 2 unspecified atom stereocenters. The molecule has 10 rings (SSSR count). The minimum atomic E-state index is -1.21. The number of benzene rings is 3. The smallest absolute Gasteiger partial charge is 0.227 e. The van der Waals surface area contributed by atoms with Gasteiger partial charge < -0.3 is 35.0 Å². The topological polar surface area (TPSA) is 160 Å². The zero-order valence-electron chi connectivity index (χ0n) is 33.6. The molecule has 62 heavy (non-hydrogen) atoms. The Labute approximate surface area is 383 Å². The minimum Gasteiger partial charge on any atom is -0.391 e. The van der Waals surface area contributed by atoms with Gasteiger partial charge in [0.15, 0.2) is 5.15 Å². The number of halogens is 4. The van der Waals surface area contributed by atoms with Gasteiger partial charge in [-0.05, 0) is 73.7 Å². The molecule has 3 aromatic carbocycles. The largest absolute Gasteiger partial charge is 0.391 e. The van der Waals surface area contributed by atoms with Crippen LogP contribution in [-0.2, 0) is 34.4 Å². The molecule has 324 valence electrons. The van der Waals surface area contributed by atoms with Gasteiger partial charge in [-0.25, -0.2) is 15.0 Å². The van der Waals surface area contributed by atoms with Crippen LogP contribution in [0.2, 0.25) is 20.2 Å². The second kappa shape index (κ2) is 18.4. The number of aromatic nitrogens is 6. The Morgan fingerprint density at radius 1 is 0.629 bits per heavy atom. The van der Waals surface area contributed by atoms with Crippen molar-refractivity contribution < 1.29 is 13.5 Å². The number of aliphatic hydroxyl groups is 1. The molecule has 0 aliphatic carbocycles. The number of nitrogens with one attached hydrogen (secondary N) is 2. The lowest BCUT2D eigenvalue weighted by molar-refractivity contribution is 0.169. The van der Waals surface area contributed by atoms with Gasteiger partial charge in [0, 0.05) is 103 Å². The van der Waals surface area contributed by atoms with Crippen LogP contribution in [0, 0.1) is 0 Å². The molecule has 0 saturated carbocycles. The molecule has 3 aromatic heterocycles. The molecule has 0 radical (unpaired) electrons. The second-order valence-corrected chi connectivity index (χ2v) is 20.1. The molecule has 2 saturated heterocycles. The standard InChI is InChI=1S/C26H27Cl2N7O2S.C16H16Cl2N4OS/c1-15(36)22(24-29-19-7-4-17(28)14-21(19)30-24)32-25-23-20(8-13-38(23)37)31-26(33-25)35-11-9-34(10-12-35)18-5-2-16(27)3-6-18;17-11-1-3-12(4-2-11)21-6-8-22(9-7-21)16-19-13-5-10-24(23)14(13)15(18)20-16/h2-7,14-15,22,36H,8-13H2,1H3,(H,29,30)(H,31,32,33);1-4H,5-10H2/t15-,22+,38?;/m1./s1. The Morgan fingerprint density at radius 3 is 1.66 bits per heavy atom. The molecule has 20 heteroatoms. The van der Waals surface area contributed by atoms with Gasteiger partial charge >= 0.3 is 0 Å². The molecule has 14 nitrogen and oxygen atoms in total. The molecule has 4 aliphatic rings. The first-order valence-corrected chi connectivity index (χ1v) is 24.5. The van der Waals surface area contributed by atoms with E-state index in [1.807, 2.05) is 54.6 Å². The molecule has 7 heterocycles. The number of nitrogens with zero attached hydrogens (tertiary/aromatic N) is 9. The lowest BCUT2D eigenvalue weighted by atomic mass is 10.1. The minimum absolute atomic E-state index is 0.339. The molecular formula is C42H43Cl4N11O3S2. The number of fused-ring (bicyclic) bond motifs is 3. The number of anilines is 5. The quantitative estimate of drug-likeness (QED) is 0.135. The van der Waals surface area contributed by atoms with E-state index in [2.05, 4.69) is 44.9 Å². The molecule has 4 aliphatic heterocycles. The highest BCUT2D eigenvalue weighted by molar-refractivity contribution is 7.85. The Kier molecular flexibility index (Phi) is 12.8. The van der Waals surface area contributed by atoms with Crippen LogP contribution >= 0.6 is 46.4 Å². The number of imidazole rings is 1. The Bertz CT molecular complexity index is 2640. The second-order valence-electron chi connectivity index (χ2n) is 15.4. The van der Waals surface area contributed by atoms with E-state index in [0.717, 1.165) is 90.5 Å². The molecule has 0 amide bonds. The van der Waals surface area contributed by atoms with Crippen LogP contribution in [0.3, 0.4) is 0 Å². The first kappa shape index (κ1) is 43.0. The van der Waals surface area contributed by atoms with Crippen molar-refractivity contribution in [3.05, 3.63) is 104 Å². The van der Waals surface area contributed by atoms with E-state index in [1.54, 1.807) is 19.1 Å². The summed E-state index contributed by atoms with van der Waals surface area (Å²) < 4.78 is 24.8. The van der Waals surface area contributed by atoms with E-state index >= 15 is 0 Å².